The van der Waals surface area contributed by atoms with Crippen LogP contribution in [0.1, 0.15) is 32.6 Å². The van der Waals surface area contributed by atoms with Crippen molar-refractivity contribution in [3.05, 3.63) is 24.5 Å². The second-order valence-corrected chi connectivity index (χ2v) is 5.74. The SMILES string of the molecule is CCCC1(C(=O)O)CCN(c2ccn3nccc3n2)CC1. The van der Waals surface area contributed by atoms with Gasteiger partial charge in [0.2, 0.25) is 0 Å². The zero-order chi connectivity index (χ0) is 14.9. The molecule has 3 heterocycles. The number of aliphatic carboxylic acids is 1. The number of carboxylic acid groups (broad SMARTS) is 1. The first kappa shape index (κ1) is 13.9. The van der Waals surface area contributed by atoms with E-state index in [2.05, 4.69) is 15.0 Å². The molecule has 1 N–H and O–H groups in total. The molecule has 0 unspecified atom stereocenters. The number of hydrogen-bond acceptors (Lipinski definition) is 4. The molecule has 0 aliphatic carbocycles. The number of rotatable bonds is 4. The van der Waals surface area contributed by atoms with Gasteiger partial charge in [-0.15, -0.1) is 0 Å². The van der Waals surface area contributed by atoms with Crippen LogP contribution >= 0.6 is 0 Å². The average molecular weight is 288 g/mol. The summed E-state index contributed by atoms with van der Waals surface area (Å²) in [5, 5.41) is 13.7. The second-order valence-electron chi connectivity index (χ2n) is 5.74. The van der Waals surface area contributed by atoms with Crippen LogP contribution in [0.2, 0.25) is 0 Å². The largest absolute Gasteiger partial charge is 0.481 e. The minimum absolute atomic E-state index is 0.550. The molecule has 6 heteroatoms. The molecular formula is C15H20N4O2. The van der Waals surface area contributed by atoms with Crippen molar-refractivity contribution in [2.24, 2.45) is 5.41 Å². The molecular weight excluding hydrogens is 268 g/mol. The van der Waals surface area contributed by atoms with Gasteiger partial charge in [0, 0.05) is 25.4 Å². The molecule has 2 aromatic rings. The Balaban J connectivity index is 1.76. The maximum absolute atomic E-state index is 11.6. The molecule has 1 saturated heterocycles. The van der Waals surface area contributed by atoms with Crippen LogP contribution in [-0.4, -0.2) is 38.8 Å². The zero-order valence-corrected chi connectivity index (χ0v) is 12.2. The third-order valence-electron chi connectivity index (χ3n) is 4.47. The maximum Gasteiger partial charge on any atom is 0.309 e. The smallest absolute Gasteiger partial charge is 0.309 e. The maximum atomic E-state index is 11.6. The number of piperidine rings is 1. The number of anilines is 1. The van der Waals surface area contributed by atoms with Crippen molar-refractivity contribution in [3.8, 4) is 0 Å². The average Bonchev–Trinajstić information content (AvgIpc) is 2.95. The van der Waals surface area contributed by atoms with E-state index >= 15 is 0 Å². The number of fused-ring (bicyclic) bond motifs is 1. The van der Waals surface area contributed by atoms with Gasteiger partial charge < -0.3 is 10.0 Å². The van der Waals surface area contributed by atoms with E-state index in [-0.39, 0.29) is 0 Å². The van der Waals surface area contributed by atoms with Gasteiger partial charge in [0.15, 0.2) is 5.65 Å². The van der Waals surface area contributed by atoms with E-state index in [1.807, 2.05) is 25.3 Å². The van der Waals surface area contributed by atoms with Crippen molar-refractivity contribution in [1.29, 1.82) is 0 Å². The molecule has 0 aromatic carbocycles. The molecule has 3 rings (SSSR count). The molecule has 0 saturated carbocycles. The van der Waals surface area contributed by atoms with Crippen molar-refractivity contribution < 1.29 is 9.90 Å². The molecule has 0 atom stereocenters. The first-order valence-corrected chi connectivity index (χ1v) is 7.43. The third-order valence-corrected chi connectivity index (χ3v) is 4.47. The highest BCUT2D eigenvalue weighted by molar-refractivity contribution is 5.75. The van der Waals surface area contributed by atoms with Crippen molar-refractivity contribution >= 4 is 17.4 Å². The predicted molar refractivity (Wildman–Crippen MR) is 79.4 cm³/mol. The van der Waals surface area contributed by atoms with Gasteiger partial charge in [-0.25, -0.2) is 9.50 Å². The van der Waals surface area contributed by atoms with Gasteiger partial charge in [-0.1, -0.05) is 13.3 Å². The topological polar surface area (TPSA) is 70.7 Å². The highest BCUT2D eigenvalue weighted by Crippen LogP contribution is 2.37. The Morgan fingerprint density at radius 3 is 2.81 bits per heavy atom. The lowest BCUT2D eigenvalue weighted by Gasteiger charge is -2.39. The van der Waals surface area contributed by atoms with E-state index in [1.54, 1.807) is 10.7 Å². The van der Waals surface area contributed by atoms with E-state index in [0.29, 0.717) is 12.8 Å². The molecule has 0 bridgehead atoms. The van der Waals surface area contributed by atoms with Gasteiger partial charge in [-0.2, -0.15) is 5.10 Å². The third kappa shape index (κ3) is 2.46. The Labute approximate surface area is 123 Å². The fourth-order valence-corrected chi connectivity index (χ4v) is 3.19. The first-order chi connectivity index (χ1) is 10.1. The highest BCUT2D eigenvalue weighted by Gasteiger charge is 2.40. The summed E-state index contributed by atoms with van der Waals surface area (Å²) < 4.78 is 1.73. The Morgan fingerprint density at radius 1 is 1.38 bits per heavy atom. The van der Waals surface area contributed by atoms with Crippen molar-refractivity contribution in [2.45, 2.75) is 32.6 Å². The Kier molecular flexibility index (Phi) is 3.53. The van der Waals surface area contributed by atoms with E-state index in [1.165, 1.54) is 0 Å². The van der Waals surface area contributed by atoms with Crippen LogP contribution in [0.3, 0.4) is 0 Å². The monoisotopic (exact) mass is 288 g/mol. The van der Waals surface area contributed by atoms with E-state index in [4.69, 9.17) is 0 Å². The van der Waals surface area contributed by atoms with Crippen LogP contribution < -0.4 is 4.90 Å². The minimum atomic E-state index is -0.650. The van der Waals surface area contributed by atoms with Crippen LogP contribution in [0.5, 0.6) is 0 Å². The van der Waals surface area contributed by atoms with Crippen LogP contribution in [0.15, 0.2) is 24.5 Å². The Hall–Kier alpha value is -2.11. The second kappa shape index (κ2) is 5.35. The number of carbonyl (C=O) groups is 1. The number of aromatic nitrogens is 3. The van der Waals surface area contributed by atoms with Crippen LogP contribution in [0.25, 0.3) is 5.65 Å². The summed E-state index contributed by atoms with van der Waals surface area (Å²) in [6, 6.07) is 3.81. The molecule has 1 fully saturated rings. The molecule has 0 amide bonds. The van der Waals surface area contributed by atoms with Gasteiger partial charge in [0.1, 0.15) is 5.82 Å². The molecule has 2 aromatic heterocycles. The summed E-state index contributed by atoms with van der Waals surface area (Å²) in [4.78, 5) is 18.4. The van der Waals surface area contributed by atoms with Gasteiger partial charge in [0.25, 0.3) is 0 Å². The van der Waals surface area contributed by atoms with Crippen LogP contribution in [-0.2, 0) is 4.79 Å². The zero-order valence-electron chi connectivity index (χ0n) is 12.2. The molecule has 21 heavy (non-hydrogen) atoms. The van der Waals surface area contributed by atoms with Gasteiger partial charge in [-0.05, 0) is 25.3 Å². The summed E-state index contributed by atoms with van der Waals surface area (Å²) in [6.45, 7) is 3.53. The summed E-state index contributed by atoms with van der Waals surface area (Å²) >= 11 is 0. The molecule has 0 spiro atoms. The minimum Gasteiger partial charge on any atom is -0.481 e. The van der Waals surface area contributed by atoms with Crippen molar-refractivity contribution in [2.75, 3.05) is 18.0 Å². The molecule has 0 radical (unpaired) electrons. The Morgan fingerprint density at radius 2 is 2.14 bits per heavy atom. The van der Waals surface area contributed by atoms with Gasteiger partial charge in [-0.3, -0.25) is 4.79 Å². The summed E-state index contributed by atoms with van der Waals surface area (Å²) in [5.41, 5.74) is 0.266. The van der Waals surface area contributed by atoms with Gasteiger partial charge in [0.05, 0.1) is 11.6 Å². The number of hydrogen-bond donors (Lipinski definition) is 1. The van der Waals surface area contributed by atoms with E-state index < -0.39 is 11.4 Å². The number of nitrogens with zero attached hydrogens (tertiary/aromatic N) is 4. The van der Waals surface area contributed by atoms with Crippen LogP contribution in [0.4, 0.5) is 5.82 Å². The van der Waals surface area contributed by atoms with Crippen LogP contribution in [0, 0.1) is 5.41 Å². The summed E-state index contributed by atoms with van der Waals surface area (Å²) in [6.07, 6.45) is 6.64. The van der Waals surface area contributed by atoms with Crippen molar-refractivity contribution in [3.63, 3.8) is 0 Å². The lowest BCUT2D eigenvalue weighted by molar-refractivity contribution is -0.150. The normalized spacial score (nSPS) is 18.0. The fraction of sp³-hybridized carbons (Fsp3) is 0.533. The van der Waals surface area contributed by atoms with E-state index in [0.717, 1.165) is 37.4 Å². The summed E-state index contributed by atoms with van der Waals surface area (Å²) in [5.74, 6) is 0.252. The predicted octanol–water partition coefficient (Wildman–Crippen LogP) is 2.20. The quantitative estimate of drug-likeness (QED) is 0.934. The lowest BCUT2D eigenvalue weighted by atomic mass is 9.75. The number of carboxylic acids is 1. The standard InChI is InChI=1S/C15H20N4O2/c1-2-5-15(14(20)21)6-10-18(11-7-15)12-4-9-19-13(17-12)3-8-16-19/h3-4,8-9H,2,5-7,10-11H2,1H3,(H,20,21). The fourth-order valence-electron chi connectivity index (χ4n) is 3.19. The molecule has 112 valence electrons. The molecule has 1 aliphatic heterocycles. The van der Waals surface area contributed by atoms with E-state index in [9.17, 15) is 9.90 Å². The molecule has 1 aliphatic rings. The Bertz CT molecular complexity index is 644. The summed E-state index contributed by atoms with van der Waals surface area (Å²) in [7, 11) is 0. The van der Waals surface area contributed by atoms with Gasteiger partial charge >= 0.3 is 5.97 Å². The molecule has 6 nitrogen and oxygen atoms in total. The van der Waals surface area contributed by atoms with Crippen molar-refractivity contribution in [1.82, 2.24) is 14.6 Å². The first-order valence-electron chi connectivity index (χ1n) is 7.43. The lowest BCUT2D eigenvalue weighted by Crippen LogP contribution is -2.44. The highest BCUT2D eigenvalue weighted by atomic mass is 16.4.